The molecule has 1 N–H and O–H groups in total. The maximum absolute atomic E-state index is 12.7. The summed E-state index contributed by atoms with van der Waals surface area (Å²) in [5.41, 5.74) is 1.59. The van der Waals surface area contributed by atoms with E-state index in [0.717, 1.165) is 50.4 Å². The predicted molar refractivity (Wildman–Crippen MR) is 89.7 cm³/mol. The third kappa shape index (κ3) is 3.06. The van der Waals surface area contributed by atoms with E-state index in [0.29, 0.717) is 23.3 Å². The number of hydrogen-bond donors (Lipinski definition) is 1. The fourth-order valence-corrected chi connectivity index (χ4v) is 3.08. The maximum Gasteiger partial charge on any atom is 0.253 e. The lowest BCUT2D eigenvalue weighted by Gasteiger charge is -2.33. The molecule has 2 heterocycles. The fraction of sp³-hybridized carbons (Fsp3) is 0.500. The summed E-state index contributed by atoms with van der Waals surface area (Å²) >= 11 is 0. The Hall–Kier alpha value is -2.21. The first kappa shape index (κ1) is 15.3. The number of carbonyl (C=O) groups is 1. The van der Waals surface area contributed by atoms with E-state index in [1.165, 1.54) is 0 Å². The molecule has 6 nitrogen and oxygen atoms in total. The first-order valence-corrected chi connectivity index (χ1v) is 8.71. The molecule has 1 saturated heterocycles. The van der Waals surface area contributed by atoms with Crippen molar-refractivity contribution >= 4 is 5.91 Å². The second kappa shape index (κ2) is 6.36. The Morgan fingerprint density at radius 1 is 1.33 bits per heavy atom. The third-order valence-corrected chi connectivity index (χ3v) is 4.79. The summed E-state index contributed by atoms with van der Waals surface area (Å²) in [6, 6.07) is 7.89. The van der Waals surface area contributed by atoms with Gasteiger partial charge in [-0.15, -0.1) is 0 Å². The Balaban J connectivity index is 1.47. The van der Waals surface area contributed by atoms with Crippen LogP contribution in [0.2, 0.25) is 0 Å². The van der Waals surface area contributed by atoms with E-state index >= 15 is 0 Å². The summed E-state index contributed by atoms with van der Waals surface area (Å²) in [6.07, 6.45) is 3.31. The molecule has 1 unspecified atom stereocenters. The number of nitrogens with zero attached hydrogens (tertiary/aromatic N) is 3. The van der Waals surface area contributed by atoms with Crippen molar-refractivity contribution in [1.82, 2.24) is 20.4 Å². The quantitative estimate of drug-likeness (QED) is 0.934. The zero-order valence-electron chi connectivity index (χ0n) is 13.9. The van der Waals surface area contributed by atoms with Crippen LogP contribution in [0.25, 0.3) is 11.4 Å². The van der Waals surface area contributed by atoms with Crippen LogP contribution in [-0.4, -0.2) is 46.6 Å². The van der Waals surface area contributed by atoms with E-state index in [-0.39, 0.29) is 5.91 Å². The molecule has 24 heavy (non-hydrogen) atoms. The van der Waals surface area contributed by atoms with Gasteiger partial charge in [-0.3, -0.25) is 4.79 Å². The summed E-state index contributed by atoms with van der Waals surface area (Å²) in [5.74, 6) is 1.88. The molecule has 1 saturated carbocycles. The van der Waals surface area contributed by atoms with Crippen LogP contribution in [0.15, 0.2) is 28.8 Å². The Kier molecular flexibility index (Phi) is 4.06. The summed E-state index contributed by atoms with van der Waals surface area (Å²) in [6.45, 7) is 4.52. The molecule has 6 heteroatoms. The Morgan fingerprint density at radius 3 is 2.83 bits per heavy atom. The second-order valence-electron chi connectivity index (χ2n) is 6.62. The first-order valence-electron chi connectivity index (χ1n) is 8.71. The number of nitrogens with one attached hydrogen (secondary N) is 1. The topological polar surface area (TPSA) is 71.3 Å². The van der Waals surface area contributed by atoms with Gasteiger partial charge in [0.25, 0.3) is 5.91 Å². The van der Waals surface area contributed by atoms with Gasteiger partial charge in [-0.2, -0.15) is 4.98 Å². The highest BCUT2D eigenvalue weighted by molar-refractivity contribution is 5.94. The maximum atomic E-state index is 12.7. The minimum absolute atomic E-state index is 0.0910. The predicted octanol–water partition coefficient (Wildman–Crippen LogP) is 2.44. The molecule has 0 bridgehead atoms. The van der Waals surface area contributed by atoms with Crippen LogP contribution in [0.4, 0.5) is 0 Å². The normalized spacial score (nSPS) is 21.0. The Bertz CT molecular complexity index is 721. The molecule has 2 aromatic rings. The van der Waals surface area contributed by atoms with Gasteiger partial charge in [0.15, 0.2) is 0 Å². The summed E-state index contributed by atoms with van der Waals surface area (Å²) < 4.78 is 5.30. The van der Waals surface area contributed by atoms with Crippen LogP contribution in [0, 0.1) is 0 Å². The number of rotatable bonds is 4. The molecule has 0 radical (unpaired) electrons. The van der Waals surface area contributed by atoms with E-state index in [1.54, 1.807) is 0 Å². The molecule has 1 aromatic carbocycles. The van der Waals surface area contributed by atoms with Crippen molar-refractivity contribution in [1.29, 1.82) is 0 Å². The highest BCUT2D eigenvalue weighted by Crippen LogP contribution is 2.39. The summed E-state index contributed by atoms with van der Waals surface area (Å²) in [5, 5.41) is 7.47. The molecule has 2 aliphatic rings. The molecule has 1 amide bonds. The number of piperazine rings is 1. The second-order valence-corrected chi connectivity index (χ2v) is 6.62. The Labute approximate surface area is 141 Å². The number of carbonyl (C=O) groups excluding carboxylic acids is 1. The molecular formula is C18H22N4O2. The number of amides is 1. The van der Waals surface area contributed by atoms with E-state index < -0.39 is 0 Å². The number of aromatic nitrogens is 2. The van der Waals surface area contributed by atoms with Crippen LogP contribution in [0.1, 0.15) is 48.4 Å². The Morgan fingerprint density at radius 2 is 2.12 bits per heavy atom. The van der Waals surface area contributed by atoms with Gasteiger partial charge in [0, 0.05) is 42.7 Å². The van der Waals surface area contributed by atoms with E-state index in [4.69, 9.17) is 4.52 Å². The van der Waals surface area contributed by atoms with Crippen LogP contribution in [0.3, 0.4) is 0 Å². The van der Waals surface area contributed by atoms with E-state index in [2.05, 4.69) is 22.4 Å². The largest absolute Gasteiger partial charge is 0.339 e. The molecule has 2 fully saturated rings. The van der Waals surface area contributed by atoms with Gasteiger partial charge >= 0.3 is 0 Å². The molecule has 4 rings (SSSR count). The van der Waals surface area contributed by atoms with Crippen molar-refractivity contribution < 1.29 is 9.32 Å². The van der Waals surface area contributed by atoms with Gasteiger partial charge in [-0.05, 0) is 31.4 Å². The average Bonchev–Trinajstić information content (AvgIpc) is 3.38. The van der Waals surface area contributed by atoms with Crippen molar-refractivity contribution in [2.45, 2.75) is 38.1 Å². The molecular weight excluding hydrogens is 304 g/mol. The summed E-state index contributed by atoms with van der Waals surface area (Å²) in [7, 11) is 0. The third-order valence-electron chi connectivity index (χ3n) is 4.79. The lowest BCUT2D eigenvalue weighted by molar-refractivity contribution is 0.0701. The van der Waals surface area contributed by atoms with Crippen LogP contribution in [-0.2, 0) is 0 Å². The zero-order chi connectivity index (χ0) is 16.5. The van der Waals surface area contributed by atoms with Gasteiger partial charge in [0.1, 0.15) is 0 Å². The smallest absolute Gasteiger partial charge is 0.253 e. The fourth-order valence-electron chi connectivity index (χ4n) is 3.08. The van der Waals surface area contributed by atoms with Gasteiger partial charge in [-0.25, -0.2) is 0 Å². The van der Waals surface area contributed by atoms with Gasteiger partial charge < -0.3 is 14.7 Å². The minimum atomic E-state index is 0.0910. The number of hydrogen-bond acceptors (Lipinski definition) is 5. The van der Waals surface area contributed by atoms with Crippen LogP contribution < -0.4 is 5.32 Å². The van der Waals surface area contributed by atoms with Crippen molar-refractivity contribution in [3.05, 3.63) is 35.7 Å². The SMILES string of the molecule is CCC1CN(C(=O)c2ccc(-c3noc(C4CC4)n3)cc2)CCN1. The van der Waals surface area contributed by atoms with Gasteiger partial charge in [-0.1, -0.05) is 24.2 Å². The molecule has 1 aliphatic carbocycles. The van der Waals surface area contributed by atoms with E-state index in [1.807, 2.05) is 29.2 Å². The van der Waals surface area contributed by atoms with Gasteiger partial charge in [0.2, 0.25) is 11.7 Å². The van der Waals surface area contributed by atoms with Gasteiger partial charge in [0.05, 0.1) is 0 Å². The highest BCUT2D eigenvalue weighted by Gasteiger charge is 2.30. The lowest BCUT2D eigenvalue weighted by atomic mass is 10.1. The van der Waals surface area contributed by atoms with E-state index in [9.17, 15) is 4.79 Å². The average molecular weight is 326 g/mol. The minimum Gasteiger partial charge on any atom is -0.339 e. The number of benzene rings is 1. The lowest BCUT2D eigenvalue weighted by Crippen LogP contribution is -2.52. The van der Waals surface area contributed by atoms with Crippen molar-refractivity contribution in [3.8, 4) is 11.4 Å². The standard InChI is InChI=1S/C18H22N4O2/c1-2-15-11-22(10-9-19-15)18(23)14-7-3-12(4-8-14)16-20-17(24-21-16)13-5-6-13/h3-4,7-8,13,15,19H,2,5-6,9-11H2,1H3. The first-order chi connectivity index (χ1) is 11.7. The molecule has 126 valence electrons. The van der Waals surface area contributed by atoms with Crippen LogP contribution in [0.5, 0.6) is 0 Å². The van der Waals surface area contributed by atoms with Crippen molar-refractivity contribution in [2.24, 2.45) is 0 Å². The molecule has 1 aliphatic heterocycles. The van der Waals surface area contributed by atoms with Crippen LogP contribution >= 0.6 is 0 Å². The zero-order valence-corrected chi connectivity index (χ0v) is 13.9. The van der Waals surface area contributed by atoms with Crippen molar-refractivity contribution in [2.75, 3.05) is 19.6 Å². The summed E-state index contributed by atoms with van der Waals surface area (Å²) in [4.78, 5) is 19.0. The monoisotopic (exact) mass is 326 g/mol. The molecule has 1 atom stereocenters. The van der Waals surface area contributed by atoms with Crippen molar-refractivity contribution in [3.63, 3.8) is 0 Å². The highest BCUT2D eigenvalue weighted by atomic mass is 16.5. The molecule has 0 spiro atoms. The molecule has 1 aromatic heterocycles.